The third kappa shape index (κ3) is 2.23. The monoisotopic (exact) mass is 452 g/mol. The Bertz CT molecular complexity index is 562. The molecule has 8 aliphatic rings. The molecule has 0 heterocycles. The van der Waals surface area contributed by atoms with Crippen molar-refractivity contribution in [3.63, 3.8) is 0 Å². The molecule has 24 heavy (non-hydrogen) atoms. The van der Waals surface area contributed by atoms with E-state index in [9.17, 15) is 0 Å². The molecule has 4 unspecified atom stereocenters. The molecule has 0 aromatic heterocycles. The van der Waals surface area contributed by atoms with E-state index in [-0.39, 0.29) is 0 Å². The average Bonchev–Trinajstić information content (AvgIpc) is 2.45. The molecule has 8 bridgehead atoms. The van der Waals surface area contributed by atoms with E-state index in [4.69, 9.17) is 10.2 Å². The summed E-state index contributed by atoms with van der Waals surface area (Å²) >= 11 is 8.15. The molecule has 8 saturated carbocycles. The van der Waals surface area contributed by atoms with Crippen molar-refractivity contribution < 1.29 is 0 Å². The number of rotatable bonds is 1. The van der Waals surface area contributed by atoms with E-state index >= 15 is 0 Å². The van der Waals surface area contributed by atoms with Crippen LogP contribution in [-0.4, -0.2) is 20.1 Å². The Morgan fingerprint density at radius 3 is 1.21 bits per heavy atom. The summed E-state index contributed by atoms with van der Waals surface area (Å²) < 4.78 is 0.890. The predicted octanol–water partition coefficient (Wildman–Crippen LogP) is 5.73. The topological polar surface area (TPSA) is 24.7 Å². The van der Waals surface area contributed by atoms with Gasteiger partial charge in [-0.2, -0.15) is 10.2 Å². The molecule has 0 spiro atoms. The van der Waals surface area contributed by atoms with Gasteiger partial charge >= 0.3 is 0 Å². The van der Waals surface area contributed by atoms with E-state index in [1.165, 1.54) is 75.6 Å². The van der Waals surface area contributed by atoms with Gasteiger partial charge in [-0.05, 0) is 76.0 Å². The summed E-state index contributed by atoms with van der Waals surface area (Å²) in [4.78, 5) is 0. The van der Waals surface area contributed by atoms with Crippen LogP contribution in [0.15, 0.2) is 10.2 Å². The van der Waals surface area contributed by atoms with Crippen LogP contribution >= 0.6 is 31.9 Å². The number of halogens is 2. The third-order valence-electron chi connectivity index (χ3n) is 8.18. The van der Waals surface area contributed by atoms with Crippen molar-refractivity contribution in [3.05, 3.63) is 0 Å². The first-order chi connectivity index (χ1) is 11.5. The SMILES string of the molecule is BrC12CC3C[C@H](C1)C(=NN=C1[C@@H]4CC5C[C@H]1CC(Br)(C5)C4)[C@@H](C3)C2. The summed E-state index contributed by atoms with van der Waals surface area (Å²) in [5.74, 6) is 4.78. The molecule has 4 heteroatoms. The Kier molecular flexibility index (Phi) is 3.18. The Morgan fingerprint density at radius 2 is 0.917 bits per heavy atom. The largest absolute Gasteiger partial charge is 0.160 e. The summed E-state index contributed by atoms with van der Waals surface area (Å²) in [6.07, 6.45) is 13.6. The maximum atomic E-state index is 4.99. The highest BCUT2D eigenvalue weighted by atomic mass is 79.9. The van der Waals surface area contributed by atoms with Crippen molar-refractivity contribution in [2.24, 2.45) is 45.7 Å². The molecule has 8 rings (SSSR count). The van der Waals surface area contributed by atoms with Gasteiger partial charge in [0.05, 0.1) is 0 Å². The molecule has 0 aromatic rings. The Morgan fingerprint density at radius 1 is 0.583 bits per heavy atom. The van der Waals surface area contributed by atoms with Crippen LogP contribution in [-0.2, 0) is 0 Å². The van der Waals surface area contributed by atoms with E-state index in [1.807, 2.05) is 0 Å². The van der Waals surface area contributed by atoms with Gasteiger partial charge in [0.25, 0.3) is 0 Å². The van der Waals surface area contributed by atoms with Crippen LogP contribution in [0.2, 0.25) is 0 Å². The van der Waals surface area contributed by atoms with Gasteiger partial charge < -0.3 is 0 Å². The normalized spacial score (nSPS) is 60.6. The lowest BCUT2D eigenvalue weighted by Crippen LogP contribution is -2.53. The van der Waals surface area contributed by atoms with Crippen molar-refractivity contribution >= 4 is 43.3 Å². The van der Waals surface area contributed by atoms with Gasteiger partial charge in [0.15, 0.2) is 0 Å². The molecule has 8 atom stereocenters. The molecule has 8 aliphatic carbocycles. The van der Waals surface area contributed by atoms with E-state index in [0.29, 0.717) is 8.65 Å². The number of hydrogen-bond acceptors (Lipinski definition) is 2. The Hall–Kier alpha value is 0.300. The van der Waals surface area contributed by atoms with Crippen LogP contribution in [0.1, 0.15) is 64.2 Å². The zero-order chi connectivity index (χ0) is 16.1. The number of alkyl halides is 2. The Labute approximate surface area is 161 Å². The van der Waals surface area contributed by atoms with Gasteiger partial charge in [0.1, 0.15) is 0 Å². The second-order valence-corrected chi connectivity index (χ2v) is 13.4. The summed E-state index contributed by atoms with van der Waals surface area (Å²) in [5, 5.41) is 9.98. The molecule has 0 saturated heterocycles. The van der Waals surface area contributed by atoms with Gasteiger partial charge in [-0.1, -0.05) is 31.9 Å². The standard InChI is InChI=1S/C20H26Br2N2/c21-19-5-11-1-13(7-19)17(14(2-11)8-19)23-24-18-15-3-12-4-16(18)10-20(22,6-12)9-15/h11-16H,1-10H2/t11?,12?,13-,14+,15-,16+,19?,20?. The van der Waals surface area contributed by atoms with E-state index in [0.717, 1.165) is 35.5 Å². The van der Waals surface area contributed by atoms with Crippen molar-refractivity contribution in [1.29, 1.82) is 0 Å². The molecule has 0 radical (unpaired) electrons. The van der Waals surface area contributed by atoms with Gasteiger partial charge in [0, 0.05) is 43.7 Å². The summed E-state index contributed by atoms with van der Waals surface area (Å²) in [5.41, 5.74) is 2.96. The highest BCUT2D eigenvalue weighted by Crippen LogP contribution is 2.59. The lowest BCUT2D eigenvalue weighted by molar-refractivity contribution is 0.133. The van der Waals surface area contributed by atoms with Crippen LogP contribution in [0, 0.1) is 35.5 Å². The maximum absolute atomic E-state index is 4.99. The maximum Gasteiger partial charge on any atom is 0.0468 e. The molecule has 0 aliphatic heterocycles. The van der Waals surface area contributed by atoms with Crippen molar-refractivity contribution in [2.75, 3.05) is 0 Å². The first-order valence-corrected chi connectivity index (χ1v) is 11.6. The smallest absolute Gasteiger partial charge is 0.0468 e. The molecule has 0 amide bonds. The zero-order valence-corrected chi connectivity index (χ0v) is 17.4. The average molecular weight is 454 g/mol. The second kappa shape index (κ2) is 4.97. The van der Waals surface area contributed by atoms with Crippen molar-refractivity contribution in [3.8, 4) is 0 Å². The fraction of sp³-hybridized carbons (Fsp3) is 0.900. The third-order valence-corrected chi connectivity index (χ3v) is 10.1. The van der Waals surface area contributed by atoms with Crippen molar-refractivity contribution in [2.45, 2.75) is 72.9 Å². The predicted molar refractivity (Wildman–Crippen MR) is 105 cm³/mol. The molecular formula is C20H26Br2N2. The van der Waals surface area contributed by atoms with Crippen LogP contribution in [0.4, 0.5) is 0 Å². The quantitative estimate of drug-likeness (QED) is 0.357. The number of hydrogen-bond donors (Lipinski definition) is 0. The minimum atomic E-state index is 0.445. The van der Waals surface area contributed by atoms with Crippen LogP contribution in [0.3, 0.4) is 0 Å². The van der Waals surface area contributed by atoms with Crippen LogP contribution in [0.25, 0.3) is 0 Å². The molecule has 0 N–H and O–H groups in total. The fourth-order valence-corrected chi connectivity index (χ4v) is 10.3. The highest BCUT2D eigenvalue weighted by Gasteiger charge is 2.54. The minimum Gasteiger partial charge on any atom is -0.160 e. The second-order valence-electron chi connectivity index (χ2n) is 10.0. The molecule has 8 fully saturated rings. The minimum absolute atomic E-state index is 0.445. The summed E-state index contributed by atoms with van der Waals surface area (Å²) in [7, 11) is 0. The lowest BCUT2D eigenvalue weighted by Gasteiger charge is -2.55. The zero-order valence-electron chi connectivity index (χ0n) is 14.2. The Balaban J connectivity index is 1.30. The first-order valence-electron chi connectivity index (χ1n) is 10.0. The first kappa shape index (κ1) is 15.4. The molecule has 130 valence electrons. The fourth-order valence-electron chi connectivity index (χ4n) is 7.78. The lowest BCUT2D eigenvalue weighted by atomic mass is 9.55. The highest BCUT2D eigenvalue weighted by molar-refractivity contribution is 9.10. The van der Waals surface area contributed by atoms with E-state index in [1.54, 1.807) is 0 Å². The summed E-state index contributed by atoms with van der Waals surface area (Å²) in [6.45, 7) is 0. The number of nitrogens with zero attached hydrogens (tertiary/aromatic N) is 2. The molecule has 2 nitrogen and oxygen atoms in total. The summed E-state index contributed by atoms with van der Waals surface area (Å²) in [6, 6.07) is 0. The van der Waals surface area contributed by atoms with Gasteiger partial charge in [0.2, 0.25) is 0 Å². The van der Waals surface area contributed by atoms with E-state index in [2.05, 4.69) is 31.9 Å². The van der Waals surface area contributed by atoms with Gasteiger partial charge in [-0.25, -0.2) is 0 Å². The van der Waals surface area contributed by atoms with Gasteiger partial charge in [-0.3, -0.25) is 0 Å². The van der Waals surface area contributed by atoms with Gasteiger partial charge in [-0.15, -0.1) is 0 Å². The van der Waals surface area contributed by atoms with Crippen LogP contribution < -0.4 is 0 Å². The molecular weight excluding hydrogens is 428 g/mol. The van der Waals surface area contributed by atoms with Crippen molar-refractivity contribution in [1.82, 2.24) is 0 Å². The molecule has 0 aromatic carbocycles. The van der Waals surface area contributed by atoms with Crippen LogP contribution in [0.5, 0.6) is 0 Å². The van der Waals surface area contributed by atoms with E-state index < -0.39 is 0 Å².